The van der Waals surface area contributed by atoms with Crippen LogP contribution >= 0.6 is 11.8 Å². The highest BCUT2D eigenvalue weighted by Crippen LogP contribution is 2.34. The van der Waals surface area contributed by atoms with Gasteiger partial charge in [-0.25, -0.2) is 4.39 Å². The molecule has 0 bridgehead atoms. The highest BCUT2D eigenvalue weighted by atomic mass is 32.2. The molecule has 2 aromatic rings. The van der Waals surface area contributed by atoms with E-state index in [4.69, 9.17) is 4.42 Å². The summed E-state index contributed by atoms with van der Waals surface area (Å²) in [5, 5.41) is 7.96. The van der Waals surface area contributed by atoms with Gasteiger partial charge in [0.15, 0.2) is 0 Å². The van der Waals surface area contributed by atoms with E-state index in [0.717, 1.165) is 18.5 Å². The number of aromatic nitrogens is 2. The molecule has 0 aliphatic carbocycles. The van der Waals surface area contributed by atoms with Gasteiger partial charge in [-0.2, -0.15) is 0 Å². The molecule has 1 aliphatic heterocycles. The third-order valence-corrected chi connectivity index (χ3v) is 4.22. The second-order valence-corrected chi connectivity index (χ2v) is 5.75. The van der Waals surface area contributed by atoms with E-state index in [2.05, 4.69) is 10.2 Å². The van der Waals surface area contributed by atoms with E-state index in [0.29, 0.717) is 11.1 Å². The predicted molar refractivity (Wildman–Crippen MR) is 75.2 cm³/mol. The minimum atomic E-state index is -0.265. The Morgan fingerprint density at radius 1 is 1.43 bits per heavy atom. The molecule has 1 saturated heterocycles. The molecule has 1 atom stereocenters. The topological polar surface area (TPSA) is 59.2 Å². The molecule has 21 heavy (non-hydrogen) atoms. The van der Waals surface area contributed by atoms with E-state index in [1.165, 1.54) is 23.9 Å². The van der Waals surface area contributed by atoms with Gasteiger partial charge in [0, 0.05) is 13.5 Å². The number of hydrogen-bond acceptors (Lipinski definition) is 5. The Balaban J connectivity index is 1.58. The number of benzene rings is 1. The lowest BCUT2D eigenvalue weighted by atomic mass is 9.95. The predicted octanol–water partition coefficient (Wildman–Crippen LogP) is 2.58. The van der Waals surface area contributed by atoms with Crippen LogP contribution in [0.3, 0.4) is 0 Å². The van der Waals surface area contributed by atoms with E-state index < -0.39 is 0 Å². The number of halogens is 1. The fourth-order valence-electron chi connectivity index (χ4n) is 2.26. The number of rotatable bonds is 4. The van der Waals surface area contributed by atoms with E-state index in [9.17, 15) is 9.18 Å². The van der Waals surface area contributed by atoms with Crippen LogP contribution in [0, 0.1) is 12.7 Å². The van der Waals surface area contributed by atoms with Gasteiger partial charge in [-0.1, -0.05) is 23.9 Å². The molecular formula is C14H14FN3O2S. The van der Waals surface area contributed by atoms with Gasteiger partial charge >= 0.3 is 0 Å². The summed E-state index contributed by atoms with van der Waals surface area (Å²) in [7, 11) is 0. The first-order chi connectivity index (χ1) is 10.1. The summed E-state index contributed by atoms with van der Waals surface area (Å²) in [4.78, 5) is 14.0. The number of aryl methyl sites for hydroxylation is 1. The molecule has 2 heterocycles. The molecule has 0 saturated carbocycles. The van der Waals surface area contributed by atoms with Gasteiger partial charge in [-0.3, -0.25) is 4.79 Å². The van der Waals surface area contributed by atoms with Crippen LogP contribution in [-0.2, 0) is 4.79 Å². The van der Waals surface area contributed by atoms with Crippen molar-refractivity contribution in [3.8, 4) is 0 Å². The van der Waals surface area contributed by atoms with Crippen molar-refractivity contribution in [2.75, 3.05) is 12.3 Å². The molecule has 1 aromatic carbocycles. The maximum Gasteiger partial charge on any atom is 0.277 e. The maximum atomic E-state index is 12.9. The summed E-state index contributed by atoms with van der Waals surface area (Å²) >= 11 is 1.24. The number of likely N-dealkylation sites (tertiary alicyclic amines) is 1. The molecule has 1 aliphatic rings. The zero-order chi connectivity index (χ0) is 14.8. The lowest BCUT2D eigenvalue weighted by molar-refractivity contribution is -0.136. The first kappa shape index (κ1) is 14.1. The van der Waals surface area contributed by atoms with Crippen molar-refractivity contribution < 1.29 is 13.6 Å². The largest absolute Gasteiger partial charge is 0.416 e. The van der Waals surface area contributed by atoms with Crippen molar-refractivity contribution in [2.24, 2.45) is 0 Å². The van der Waals surface area contributed by atoms with Crippen molar-refractivity contribution in [2.45, 2.75) is 24.6 Å². The molecule has 1 amide bonds. The first-order valence-electron chi connectivity index (χ1n) is 6.61. The van der Waals surface area contributed by atoms with E-state index in [1.54, 1.807) is 24.0 Å². The number of carbonyl (C=O) groups is 1. The minimum Gasteiger partial charge on any atom is -0.416 e. The Hall–Kier alpha value is -1.89. The van der Waals surface area contributed by atoms with Gasteiger partial charge < -0.3 is 9.32 Å². The standard InChI is InChI=1S/C14H14FN3O2S/c1-9-16-17-14(20-9)21-8-13(19)18-7-6-12(18)10-2-4-11(15)5-3-10/h2-5,12H,6-8H2,1H3. The van der Waals surface area contributed by atoms with Crippen molar-refractivity contribution in [3.63, 3.8) is 0 Å². The van der Waals surface area contributed by atoms with Gasteiger partial charge in [0.05, 0.1) is 11.8 Å². The fraction of sp³-hybridized carbons (Fsp3) is 0.357. The highest BCUT2D eigenvalue weighted by Gasteiger charge is 2.33. The Labute approximate surface area is 125 Å². The van der Waals surface area contributed by atoms with Crippen LogP contribution < -0.4 is 0 Å². The molecule has 110 valence electrons. The van der Waals surface area contributed by atoms with Gasteiger partial charge in [-0.05, 0) is 24.1 Å². The van der Waals surface area contributed by atoms with Crippen LogP contribution in [0.2, 0.25) is 0 Å². The molecule has 5 nitrogen and oxygen atoms in total. The van der Waals surface area contributed by atoms with Crippen LogP contribution in [0.4, 0.5) is 4.39 Å². The van der Waals surface area contributed by atoms with Crippen LogP contribution in [0.1, 0.15) is 23.9 Å². The highest BCUT2D eigenvalue weighted by molar-refractivity contribution is 7.99. The molecule has 0 N–H and O–H groups in total. The lowest BCUT2D eigenvalue weighted by Gasteiger charge is -2.41. The number of thioether (sulfide) groups is 1. The van der Waals surface area contributed by atoms with Gasteiger partial charge in [-0.15, -0.1) is 10.2 Å². The van der Waals surface area contributed by atoms with Crippen LogP contribution in [0.25, 0.3) is 0 Å². The molecule has 3 rings (SSSR count). The Bertz CT molecular complexity index is 644. The van der Waals surface area contributed by atoms with Crippen LogP contribution in [-0.4, -0.2) is 33.3 Å². The van der Waals surface area contributed by atoms with E-state index in [-0.39, 0.29) is 23.5 Å². The van der Waals surface area contributed by atoms with Crippen molar-refractivity contribution in [1.29, 1.82) is 0 Å². The van der Waals surface area contributed by atoms with Crippen LogP contribution in [0.5, 0.6) is 0 Å². The molecule has 7 heteroatoms. The third kappa shape index (κ3) is 3.07. The van der Waals surface area contributed by atoms with Gasteiger partial charge in [0.25, 0.3) is 5.22 Å². The lowest BCUT2D eigenvalue weighted by Crippen LogP contribution is -2.45. The normalized spacial score (nSPS) is 17.6. The molecule has 0 radical (unpaired) electrons. The average molecular weight is 307 g/mol. The van der Waals surface area contributed by atoms with E-state index >= 15 is 0 Å². The molecule has 1 unspecified atom stereocenters. The Morgan fingerprint density at radius 2 is 2.19 bits per heavy atom. The smallest absolute Gasteiger partial charge is 0.277 e. The Morgan fingerprint density at radius 3 is 2.76 bits per heavy atom. The summed E-state index contributed by atoms with van der Waals surface area (Å²) < 4.78 is 18.1. The SMILES string of the molecule is Cc1nnc(SCC(=O)N2CCC2c2ccc(F)cc2)o1. The molecule has 1 aromatic heterocycles. The van der Waals surface area contributed by atoms with E-state index in [1.807, 2.05) is 0 Å². The minimum absolute atomic E-state index is 0.0245. The monoisotopic (exact) mass is 307 g/mol. The Kier molecular flexibility index (Phi) is 3.92. The fourth-order valence-corrected chi connectivity index (χ4v) is 2.95. The number of amides is 1. The average Bonchev–Trinajstić information content (AvgIpc) is 2.83. The zero-order valence-corrected chi connectivity index (χ0v) is 12.3. The van der Waals surface area contributed by atoms with Crippen LogP contribution in [0.15, 0.2) is 33.9 Å². The summed E-state index contributed by atoms with van der Waals surface area (Å²) in [5.74, 6) is 0.507. The summed E-state index contributed by atoms with van der Waals surface area (Å²) in [6.45, 7) is 2.43. The van der Waals surface area contributed by atoms with Gasteiger partial charge in [0.2, 0.25) is 11.8 Å². The quantitative estimate of drug-likeness (QED) is 0.813. The zero-order valence-electron chi connectivity index (χ0n) is 11.5. The summed E-state index contributed by atoms with van der Waals surface area (Å²) in [6.07, 6.45) is 0.904. The van der Waals surface area contributed by atoms with Crippen molar-refractivity contribution in [3.05, 3.63) is 41.5 Å². The number of nitrogens with zero attached hydrogens (tertiary/aromatic N) is 3. The summed E-state index contributed by atoms with van der Waals surface area (Å²) in [5.41, 5.74) is 0.967. The molecular weight excluding hydrogens is 293 g/mol. The second kappa shape index (κ2) is 5.85. The molecule has 0 spiro atoms. The number of hydrogen-bond donors (Lipinski definition) is 0. The van der Waals surface area contributed by atoms with Gasteiger partial charge in [0.1, 0.15) is 5.82 Å². The van der Waals surface area contributed by atoms with Crippen molar-refractivity contribution in [1.82, 2.24) is 15.1 Å². The maximum absolute atomic E-state index is 12.9. The third-order valence-electron chi connectivity index (χ3n) is 3.42. The molecule has 1 fully saturated rings. The number of carbonyl (C=O) groups excluding carboxylic acids is 1. The van der Waals surface area contributed by atoms with Crippen molar-refractivity contribution >= 4 is 17.7 Å². The first-order valence-corrected chi connectivity index (χ1v) is 7.60. The second-order valence-electron chi connectivity index (χ2n) is 4.82. The summed E-state index contributed by atoms with van der Waals surface area (Å²) in [6, 6.07) is 6.35.